The van der Waals surface area contributed by atoms with Gasteiger partial charge in [-0.05, 0) is 36.8 Å². The first-order valence-corrected chi connectivity index (χ1v) is 15.3. The van der Waals surface area contributed by atoms with Crippen LogP contribution >= 0.6 is 22.7 Å². The lowest BCUT2D eigenvalue weighted by molar-refractivity contribution is -0.188. The van der Waals surface area contributed by atoms with Crippen LogP contribution in [0.15, 0.2) is 59.4 Å². The van der Waals surface area contributed by atoms with Crippen LogP contribution in [0.5, 0.6) is 0 Å². The lowest BCUT2D eigenvalue weighted by Crippen LogP contribution is -2.76. The summed E-state index contributed by atoms with van der Waals surface area (Å²) in [6, 6.07) is 11.2. The number of thiazole rings is 1. The molecule has 2 fully saturated rings. The molecule has 4 unspecified atom stereocenters. The average molecular weight is 597 g/mol. The largest absolute Gasteiger partial charge is 0.460 e. The fourth-order valence-electron chi connectivity index (χ4n) is 5.27. The van der Waals surface area contributed by atoms with Crippen LogP contribution in [0.4, 0.5) is 4.79 Å². The molecular weight excluding hydrogens is 564 g/mol. The molecule has 41 heavy (non-hydrogen) atoms. The average Bonchev–Trinajstić information content (AvgIpc) is 3.76. The van der Waals surface area contributed by atoms with Crippen molar-refractivity contribution in [1.29, 1.82) is 0 Å². The molecule has 5 atom stereocenters. The van der Waals surface area contributed by atoms with Crippen LogP contribution in [-0.2, 0) is 36.8 Å². The zero-order chi connectivity index (χ0) is 28.9. The van der Waals surface area contributed by atoms with Gasteiger partial charge in [-0.25, -0.2) is 14.6 Å². The molecule has 10 nitrogen and oxygen atoms in total. The summed E-state index contributed by atoms with van der Waals surface area (Å²) < 4.78 is 11.1. The molecule has 5 rings (SSSR count). The number of esters is 1. The highest BCUT2D eigenvalue weighted by molar-refractivity contribution is 7.10. The summed E-state index contributed by atoms with van der Waals surface area (Å²) >= 11 is 2.98. The van der Waals surface area contributed by atoms with Gasteiger partial charge in [-0.1, -0.05) is 43.3 Å². The minimum atomic E-state index is -1.30. The number of ether oxygens (including phenoxy) is 2. The summed E-state index contributed by atoms with van der Waals surface area (Å²) in [5.74, 6) is -1.12. The molecule has 0 N–H and O–H groups in total. The highest BCUT2D eigenvalue weighted by Gasteiger charge is 2.60. The maximum atomic E-state index is 14.1. The Morgan fingerprint density at radius 2 is 2.00 bits per heavy atom. The minimum Gasteiger partial charge on any atom is -0.460 e. The molecule has 0 spiro atoms. The van der Waals surface area contributed by atoms with E-state index in [9.17, 15) is 19.2 Å². The molecule has 0 bridgehead atoms. The number of carbonyl (C=O) groups excluding carboxylic acids is 4. The van der Waals surface area contributed by atoms with Gasteiger partial charge in [0.15, 0.2) is 0 Å². The number of likely N-dealkylation sites (tertiary alicyclic amines) is 1. The number of hydrogen-bond acceptors (Lipinski definition) is 9. The predicted octanol–water partition coefficient (Wildman–Crippen LogP) is 4.24. The van der Waals surface area contributed by atoms with E-state index in [1.165, 1.54) is 37.4 Å². The second-order valence-electron chi connectivity index (χ2n) is 10.0. The first-order chi connectivity index (χ1) is 19.9. The molecule has 216 valence electrons. The van der Waals surface area contributed by atoms with Gasteiger partial charge in [0.2, 0.25) is 18.5 Å². The zero-order valence-electron chi connectivity index (χ0n) is 22.8. The lowest BCUT2D eigenvalue weighted by Gasteiger charge is -2.54. The topological polar surface area (TPSA) is 109 Å². The second kappa shape index (κ2) is 12.8. The number of benzene rings is 1. The molecule has 2 saturated heterocycles. The van der Waals surface area contributed by atoms with Crippen molar-refractivity contribution in [2.45, 2.75) is 70.0 Å². The van der Waals surface area contributed by atoms with E-state index in [0.717, 1.165) is 15.4 Å². The number of aryl methyl sites for hydroxylation is 1. The van der Waals surface area contributed by atoms with Crippen molar-refractivity contribution in [3.63, 3.8) is 0 Å². The van der Waals surface area contributed by atoms with Crippen molar-refractivity contribution in [1.82, 2.24) is 19.7 Å². The van der Waals surface area contributed by atoms with Crippen LogP contribution in [0.1, 0.15) is 48.2 Å². The van der Waals surface area contributed by atoms with Gasteiger partial charge in [0.1, 0.15) is 18.7 Å². The van der Waals surface area contributed by atoms with Gasteiger partial charge in [0, 0.05) is 29.4 Å². The number of hydrogen-bond donors (Lipinski definition) is 0. The molecule has 12 heteroatoms. The fourth-order valence-corrected chi connectivity index (χ4v) is 6.71. The molecule has 0 radical (unpaired) electrons. The maximum Gasteiger partial charge on any atom is 0.411 e. The van der Waals surface area contributed by atoms with E-state index in [1.54, 1.807) is 13.1 Å². The Kier molecular flexibility index (Phi) is 8.99. The minimum absolute atomic E-state index is 0.0990. The number of cyclic esters (lactones) is 1. The Balaban J connectivity index is 1.50. The first kappa shape index (κ1) is 28.7. The number of nitrogens with zero attached hydrogens (tertiary/aromatic N) is 4. The fraction of sp³-hybridized carbons (Fsp3) is 0.414. The smallest absolute Gasteiger partial charge is 0.411 e. The Morgan fingerprint density at radius 1 is 1.20 bits per heavy atom. The Bertz CT molecular complexity index is 1340. The quantitative estimate of drug-likeness (QED) is 0.165. The van der Waals surface area contributed by atoms with Crippen LogP contribution in [-0.4, -0.2) is 75.0 Å². The number of rotatable bonds is 13. The highest BCUT2D eigenvalue weighted by atomic mass is 32.1. The van der Waals surface area contributed by atoms with Crippen molar-refractivity contribution in [3.8, 4) is 0 Å². The summed E-state index contributed by atoms with van der Waals surface area (Å²) in [4.78, 5) is 62.8. The Hall–Kier alpha value is -3.77. The van der Waals surface area contributed by atoms with Gasteiger partial charge >= 0.3 is 12.1 Å². The lowest BCUT2D eigenvalue weighted by atomic mass is 9.87. The van der Waals surface area contributed by atoms with Crippen LogP contribution < -0.4 is 0 Å². The predicted molar refractivity (Wildman–Crippen MR) is 153 cm³/mol. The van der Waals surface area contributed by atoms with Crippen LogP contribution in [0.2, 0.25) is 0 Å². The molecule has 2 aromatic heterocycles. The summed E-state index contributed by atoms with van der Waals surface area (Å²) in [5, 5.41) is 4.66. The van der Waals surface area contributed by atoms with Gasteiger partial charge in [0.05, 0.1) is 17.2 Å². The van der Waals surface area contributed by atoms with Gasteiger partial charge in [-0.3, -0.25) is 14.5 Å². The van der Waals surface area contributed by atoms with Gasteiger partial charge in [-0.15, -0.1) is 22.7 Å². The van der Waals surface area contributed by atoms with E-state index < -0.39 is 48.4 Å². The number of aromatic nitrogens is 1. The summed E-state index contributed by atoms with van der Waals surface area (Å²) in [6.45, 7) is 3.89. The normalized spacial score (nSPS) is 21.7. The maximum absolute atomic E-state index is 14.1. The number of amides is 3. The van der Waals surface area contributed by atoms with Crippen molar-refractivity contribution in [2.24, 2.45) is 0 Å². The van der Waals surface area contributed by atoms with E-state index >= 15 is 0 Å². The highest BCUT2D eigenvalue weighted by Crippen LogP contribution is 2.41. The number of thiophene rings is 1. The number of β-lactam (4-membered cyclic amide) rings is 1. The molecule has 3 aromatic rings. The molecule has 0 saturated carbocycles. The molecule has 0 aliphatic carbocycles. The first-order valence-electron chi connectivity index (χ1n) is 13.6. The third kappa shape index (κ3) is 5.98. The third-order valence-corrected chi connectivity index (χ3v) is 9.29. The zero-order valence-corrected chi connectivity index (χ0v) is 24.5. The van der Waals surface area contributed by atoms with E-state index in [4.69, 9.17) is 9.47 Å². The van der Waals surface area contributed by atoms with Crippen LogP contribution in [0.25, 0.3) is 0 Å². The molecule has 1 aromatic carbocycles. The number of carbonyl (C=O) groups is 4. The van der Waals surface area contributed by atoms with Crippen molar-refractivity contribution in [2.75, 3.05) is 6.61 Å². The third-order valence-electron chi connectivity index (χ3n) is 7.47. The van der Waals surface area contributed by atoms with E-state index in [-0.39, 0.29) is 13.2 Å². The SMILES string of the molecule is CCC(C)OC(=O)C(N(C=O)Cc1ccccc1)N1C(=O)C(N2C(=O)OC[C@@H]2c2cccs2)C1CCc1nccs1. The van der Waals surface area contributed by atoms with E-state index in [1.807, 2.05) is 60.1 Å². The van der Waals surface area contributed by atoms with Crippen molar-refractivity contribution < 1.29 is 28.7 Å². The standard InChI is InChI=1S/C29H32N4O6S2/c1-3-19(2)39-28(36)26(31(18-34)16-20-8-5-4-6-9-20)33-21(11-12-24-30-13-15-41-24)25(27(33)35)32-22(17-38-29(32)37)23-10-7-14-40-23/h4-10,13-15,18-19,21-22,25-26H,3,11-12,16-17H2,1-2H3/t19?,21?,22-,25?,26?/m1/s1. The molecule has 4 heterocycles. The van der Waals surface area contributed by atoms with Crippen molar-refractivity contribution >= 4 is 47.1 Å². The molecule has 2 aliphatic rings. The molecule has 2 aliphatic heterocycles. The van der Waals surface area contributed by atoms with Gasteiger partial charge < -0.3 is 19.3 Å². The summed E-state index contributed by atoms with van der Waals surface area (Å²) in [7, 11) is 0. The molecular formula is C29H32N4O6S2. The van der Waals surface area contributed by atoms with Gasteiger partial charge in [0.25, 0.3) is 0 Å². The van der Waals surface area contributed by atoms with Crippen LogP contribution in [0.3, 0.4) is 0 Å². The summed E-state index contributed by atoms with van der Waals surface area (Å²) in [6.07, 6.45) is 1.54. The Morgan fingerprint density at radius 3 is 2.66 bits per heavy atom. The van der Waals surface area contributed by atoms with E-state index in [2.05, 4.69) is 4.98 Å². The van der Waals surface area contributed by atoms with Crippen LogP contribution in [0, 0.1) is 0 Å². The Labute approximate surface area is 246 Å². The van der Waals surface area contributed by atoms with Crippen molar-refractivity contribution in [3.05, 3.63) is 74.9 Å². The molecule has 3 amide bonds. The second-order valence-corrected chi connectivity index (χ2v) is 12.0. The summed E-state index contributed by atoms with van der Waals surface area (Å²) in [5.41, 5.74) is 0.797. The van der Waals surface area contributed by atoms with Gasteiger partial charge in [-0.2, -0.15) is 0 Å². The monoisotopic (exact) mass is 596 g/mol. The van der Waals surface area contributed by atoms with E-state index in [0.29, 0.717) is 25.7 Å².